The summed E-state index contributed by atoms with van der Waals surface area (Å²) >= 11 is 0. The summed E-state index contributed by atoms with van der Waals surface area (Å²) < 4.78 is 12.6. The molecule has 0 aliphatic rings. The molecule has 1 N–H and O–H groups in total. The van der Waals surface area contributed by atoms with E-state index >= 15 is 0 Å². The van der Waals surface area contributed by atoms with Crippen molar-refractivity contribution in [2.24, 2.45) is 0 Å². The van der Waals surface area contributed by atoms with Crippen LogP contribution in [0.4, 0.5) is 0 Å². The van der Waals surface area contributed by atoms with Gasteiger partial charge in [-0.25, -0.2) is 9.97 Å². The summed E-state index contributed by atoms with van der Waals surface area (Å²) in [6.07, 6.45) is 1.85. The maximum atomic E-state index is 12.7. The standard InChI is InChI=1S/C19H18N4O3/c1-11-6-7-23-16(8-11)21-12(2)18(23)19(24)20-10-17-22-14-9-13(25-3)4-5-15(14)26-17/h4-9H,10H2,1-3H3,(H,20,24). The molecule has 4 rings (SSSR count). The molecule has 7 heteroatoms. The molecule has 0 fully saturated rings. The predicted molar refractivity (Wildman–Crippen MR) is 96.4 cm³/mol. The van der Waals surface area contributed by atoms with Crippen molar-refractivity contribution in [1.82, 2.24) is 19.7 Å². The number of oxazole rings is 1. The average molecular weight is 350 g/mol. The molecule has 0 saturated heterocycles. The minimum atomic E-state index is -0.223. The van der Waals surface area contributed by atoms with Crippen LogP contribution in [0.2, 0.25) is 0 Å². The number of carbonyl (C=O) groups excluding carboxylic acids is 1. The molecule has 7 nitrogen and oxygen atoms in total. The van der Waals surface area contributed by atoms with Crippen LogP contribution >= 0.6 is 0 Å². The molecule has 132 valence electrons. The highest BCUT2D eigenvalue weighted by atomic mass is 16.5. The third kappa shape index (κ3) is 2.77. The summed E-state index contributed by atoms with van der Waals surface area (Å²) in [5.41, 5.74) is 4.37. The van der Waals surface area contributed by atoms with Gasteiger partial charge in [0.25, 0.3) is 5.91 Å². The molecular formula is C19H18N4O3. The van der Waals surface area contributed by atoms with Gasteiger partial charge in [-0.3, -0.25) is 9.20 Å². The largest absolute Gasteiger partial charge is 0.497 e. The van der Waals surface area contributed by atoms with Gasteiger partial charge in [0.05, 0.1) is 19.3 Å². The van der Waals surface area contributed by atoms with Gasteiger partial charge in [-0.05, 0) is 43.7 Å². The zero-order chi connectivity index (χ0) is 18.3. The highest BCUT2D eigenvalue weighted by molar-refractivity contribution is 5.94. The van der Waals surface area contributed by atoms with E-state index in [4.69, 9.17) is 9.15 Å². The van der Waals surface area contributed by atoms with Gasteiger partial charge in [-0.15, -0.1) is 0 Å². The summed E-state index contributed by atoms with van der Waals surface area (Å²) in [7, 11) is 1.60. The summed E-state index contributed by atoms with van der Waals surface area (Å²) in [6.45, 7) is 4.00. The lowest BCUT2D eigenvalue weighted by Crippen LogP contribution is -2.25. The van der Waals surface area contributed by atoms with E-state index in [1.54, 1.807) is 29.7 Å². The Kier molecular flexibility index (Phi) is 3.84. The van der Waals surface area contributed by atoms with Crippen molar-refractivity contribution in [3.05, 3.63) is 59.4 Å². The fourth-order valence-corrected chi connectivity index (χ4v) is 2.93. The number of ether oxygens (including phenoxy) is 1. The van der Waals surface area contributed by atoms with E-state index in [9.17, 15) is 4.79 Å². The zero-order valence-electron chi connectivity index (χ0n) is 14.7. The van der Waals surface area contributed by atoms with Crippen molar-refractivity contribution < 1.29 is 13.9 Å². The number of aromatic nitrogens is 3. The van der Waals surface area contributed by atoms with Crippen LogP contribution in [0.3, 0.4) is 0 Å². The smallest absolute Gasteiger partial charge is 0.270 e. The fraction of sp³-hybridized carbons (Fsp3) is 0.211. The Morgan fingerprint density at radius 2 is 2.08 bits per heavy atom. The number of imidazole rings is 1. The van der Waals surface area contributed by atoms with E-state index in [1.165, 1.54) is 0 Å². The molecule has 0 aliphatic heterocycles. The number of hydrogen-bond acceptors (Lipinski definition) is 5. The van der Waals surface area contributed by atoms with Crippen molar-refractivity contribution in [3.63, 3.8) is 0 Å². The van der Waals surface area contributed by atoms with Crippen LogP contribution in [0.1, 0.15) is 27.6 Å². The van der Waals surface area contributed by atoms with Crippen LogP contribution < -0.4 is 10.1 Å². The van der Waals surface area contributed by atoms with E-state index in [-0.39, 0.29) is 12.5 Å². The lowest BCUT2D eigenvalue weighted by molar-refractivity contribution is 0.0941. The Hall–Kier alpha value is -3.35. The molecule has 0 spiro atoms. The summed E-state index contributed by atoms with van der Waals surface area (Å²) in [5, 5.41) is 2.85. The van der Waals surface area contributed by atoms with Gasteiger partial charge in [0.1, 0.15) is 22.6 Å². The number of aryl methyl sites for hydroxylation is 2. The monoisotopic (exact) mass is 350 g/mol. The first-order valence-electron chi connectivity index (χ1n) is 8.22. The number of methoxy groups -OCH3 is 1. The van der Waals surface area contributed by atoms with Gasteiger partial charge in [-0.1, -0.05) is 0 Å². The molecule has 4 aromatic rings. The maximum absolute atomic E-state index is 12.7. The first-order valence-corrected chi connectivity index (χ1v) is 8.22. The first kappa shape index (κ1) is 16.1. The van der Waals surface area contributed by atoms with E-state index in [0.29, 0.717) is 34.1 Å². The normalized spacial score (nSPS) is 11.2. The molecule has 1 aromatic carbocycles. The van der Waals surface area contributed by atoms with Crippen molar-refractivity contribution in [2.45, 2.75) is 20.4 Å². The average Bonchev–Trinajstić information content (AvgIpc) is 3.17. The molecule has 1 amide bonds. The topological polar surface area (TPSA) is 81.7 Å². The molecule has 0 bridgehead atoms. The highest BCUT2D eigenvalue weighted by Crippen LogP contribution is 2.21. The van der Waals surface area contributed by atoms with Gasteiger partial charge in [0, 0.05) is 12.3 Å². The SMILES string of the molecule is COc1ccc2oc(CNC(=O)c3c(C)nc4cc(C)ccn34)nc2c1. The van der Waals surface area contributed by atoms with E-state index < -0.39 is 0 Å². The molecule has 0 unspecified atom stereocenters. The number of nitrogens with zero attached hydrogens (tertiary/aromatic N) is 3. The van der Waals surface area contributed by atoms with Crippen molar-refractivity contribution >= 4 is 22.7 Å². The van der Waals surface area contributed by atoms with Gasteiger partial charge < -0.3 is 14.5 Å². The number of nitrogens with one attached hydrogen (secondary N) is 1. The van der Waals surface area contributed by atoms with Crippen LogP contribution in [-0.2, 0) is 6.54 Å². The van der Waals surface area contributed by atoms with Gasteiger partial charge in [0.15, 0.2) is 5.58 Å². The number of carbonyl (C=O) groups is 1. The van der Waals surface area contributed by atoms with Crippen LogP contribution in [-0.4, -0.2) is 27.4 Å². The van der Waals surface area contributed by atoms with Crippen molar-refractivity contribution in [3.8, 4) is 5.75 Å². The second kappa shape index (κ2) is 6.18. The van der Waals surface area contributed by atoms with Gasteiger partial charge in [0.2, 0.25) is 5.89 Å². The summed E-state index contributed by atoms with van der Waals surface area (Å²) in [5.74, 6) is 0.917. The Labute approximate surface area is 149 Å². The minimum Gasteiger partial charge on any atom is -0.497 e. The molecule has 0 saturated carbocycles. The van der Waals surface area contributed by atoms with Crippen molar-refractivity contribution in [1.29, 1.82) is 0 Å². The molecular weight excluding hydrogens is 332 g/mol. The lowest BCUT2D eigenvalue weighted by Gasteiger charge is -2.04. The molecule has 0 atom stereocenters. The zero-order valence-corrected chi connectivity index (χ0v) is 14.7. The summed E-state index contributed by atoms with van der Waals surface area (Å²) in [4.78, 5) is 21.5. The number of fused-ring (bicyclic) bond motifs is 2. The highest BCUT2D eigenvalue weighted by Gasteiger charge is 2.17. The molecule has 0 aliphatic carbocycles. The van der Waals surface area contributed by atoms with Crippen molar-refractivity contribution in [2.75, 3.05) is 7.11 Å². The molecule has 0 radical (unpaired) electrons. The Bertz CT molecular complexity index is 1130. The Morgan fingerprint density at radius 1 is 1.23 bits per heavy atom. The first-order chi connectivity index (χ1) is 12.5. The fourth-order valence-electron chi connectivity index (χ4n) is 2.93. The van der Waals surface area contributed by atoms with E-state index in [2.05, 4.69) is 15.3 Å². The van der Waals surface area contributed by atoms with Crippen LogP contribution in [0.15, 0.2) is 40.9 Å². The maximum Gasteiger partial charge on any atom is 0.270 e. The van der Waals surface area contributed by atoms with Crippen LogP contribution in [0.5, 0.6) is 5.75 Å². The third-order valence-electron chi connectivity index (χ3n) is 4.21. The number of hydrogen-bond donors (Lipinski definition) is 1. The Morgan fingerprint density at radius 3 is 2.88 bits per heavy atom. The van der Waals surface area contributed by atoms with Crippen LogP contribution in [0.25, 0.3) is 16.7 Å². The quantitative estimate of drug-likeness (QED) is 0.612. The lowest BCUT2D eigenvalue weighted by atomic mass is 10.3. The number of amides is 1. The van der Waals surface area contributed by atoms with Gasteiger partial charge in [-0.2, -0.15) is 0 Å². The molecule has 26 heavy (non-hydrogen) atoms. The third-order valence-corrected chi connectivity index (χ3v) is 4.21. The van der Waals surface area contributed by atoms with Gasteiger partial charge >= 0.3 is 0 Å². The summed E-state index contributed by atoms with van der Waals surface area (Å²) in [6, 6.07) is 9.28. The number of rotatable bonds is 4. The van der Waals surface area contributed by atoms with Crippen LogP contribution in [0, 0.1) is 13.8 Å². The number of pyridine rings is 1. The predicted octanol–water partition coefficient (Wildman–Crippen LogP) is 3.03. The molecule has 3 heterocycles. The molecule has 3 aromatic heterocycles. The second-order valence-electron chi connectivity index (χ2n) is 6.10. The number of benzene rings is 1. The minimum absolute atomic E-state index is 0.189. The van der Waals surface area contributed by atoms with E-state index in [0.717, 1.165) is 11.2 Å². The second-order valence-corrected chi connectivity index (χ2v) is 6.10. The van der Waals surface area contributed by atoms with E-state index in [1.807, 2.05) is 32.2 Å². The Balaban J connectivity index is 1.56.